The number of sulfonamides is 1. The van der Waals surface area contributed by atoms with Crippen molar-refractivity contribution in [3.63, 3.8) is 0 Å². The number of thiazole rings is 1. The molecule has 0 saturated carbocycles. The van der Waals surface area contributed by atoms with Crippen molar-refractivity contribution in [3.8, 4) is 10.6 Å². The van der Waals surface area contributed by atoms with Gasteiger partial charge in [0.1, 0.15) is 16.6 Å². The van der Waals surface area contributed by atoms with Crippen LogP contribution in [0, 0.1) is 6.92 Å². The molecule has 4 rings (SSSR count). The second-order valence-corrected chi connectivity index (χ2v) is 10.6. The predicted octanol–water partition coefficient (Wildman–Crippen LogP) is 2.87. The van der Waals surface area contributed by atoms with Gasteiger partial charge in [0.05, 0.1) is 27.8 Å². The Bertz CT molecular complexity index is 1260. The largest absolute Gasteiger partial charge is 0.420 e. The summed E-state index contributed by atoms with van der Waals surface area (Å²) in [4.78, 5) is 11.8. The second-order valence-electron chi connectivity index (χ2n) is 7.47. The van der Waals surface area contributed by atoms with Crippen LogP contribution in [0.25, 0.3) is 10.6 Å². The summed E-state index contributed by atoms with van der Waals surface area (Å²) in [6, 6.07) is -0.877. The lowest BCUT2D eigenvalue weighted by Crippen LogP contribution is -2.50. The van der Waals surface area contributed by atoms with Gasteiger partial charge in [0.15, 0.2) is 0 Å². The summed E-state index contributed by atoms with van der Waals surface area (Å²) in [5, 5.41) is 7.12. The number of aromatic nitrogens is 5. The van der Waals surface area contributed by atoms with Crippen molar-refractivity contribution in [1.29, 1.82) is 0 Å². The van der Waals surface area contributed by atoms with Crippen molar-refractivity contribution in [2.75, 3.05) is 18.4 Å². The van der Waals surface area contributed by atoms with Gasteiger partial charge in [-0.3, -0.25) is 4.68 Å². The van der Waals surface area contributed by atoms with Gasteiger partial charge in [-0.15, -0.1) is 11.3 Å². The van der Waals surface area contributed by atoms with Crippen LogP contribution in [0.2, 0.25) is 0 Å². The molecule has 0 spiro atoms. The molecule has 178 valence electrons. The first-order valence-corrected chi connectivity index (χ1v) is 12.0. The molecule has 9 nitrogen and oxygen atoms in total. The minimum Gasteiger partial charge on any atom is -0.348 e. The zero-order valence-corrected chi connectivity index (χ0v) is 19.0. The Morgan fingerprint density at radius 1 is 1.21 bits per heavy atom. The number of piperidine rings is 1. The minimum absolute atomic E-state index is 0.0108. The molecule has 3 aromatic heterocycles. The molecule has 33 heavy (non-hydrogen) atoms. The molecule has 1 saturated heterocycles. The Kier molecular flexibility index (Phi) is 6.13. The SMILES string of the molecule is Cc1ncc(-c2nc(N[C@@H]3CCN(S(=O)(=O)c4cnn(C)c4)C[C@H]3F)ncc2C(F)(F)F)s1. The zero-order valence-electron chi connectivity index (χ0n) is 17.4. The van der Waals surface area contributed by atoms with Gasteiger partial charge >= 0.3 is 6.18 Å². The maximum Gasteiger partial charge on any atom is 0.420 e. The zero-order chi connectivity index (χ0) is 24.0. The van der Waals surface area contributed by atoms with E-state index in [1.807, 2.05) is 0 Å². The molecule has 0 aromatic carbocycles. The molecule has 0 amide bonds. The first-order valence-electron chi connectivity index (χ1n) is 9.71. The number of rotatable bonds is 5. The fourth-order valence-electron chi connectivity index (χ4n) is 3.42. The topological polar surface area (TPSA) is 106 Å². The normalized spacial score (nSPS) is 20.2. The summed E-state index contributed by atoms with van der Waals surface area (Å²) in [5.74, 6) is -0.180. The molecule has 1 aliphatic heterocycles. The number of hydrogen-bond donors (Lipinski definition) is 1. The average molecular weight is 506 g/mol. The molecule has 1 fully saturated rings. The molecule has 0 aliphatic carbocycles. The van der Waals surface area contributed by atoms with Crippen LogP contribution in [-0.4, -0.2) is 62.8 Å². The summed E-state index contributed by atoms with van der Waals surface area (Å²) in [7, 11) is -2.34. The van der Waals surface area contributed by atoms with Crippen LogP contribution in [0.3, 0.4) is 0 Å². The lowest BCUT2D eigenvalue weighted by Gasteiger charge is -2.34. The summed E-state index contributed by atoms with van der Waals surface area (Å²) in [6.45, 7) is 1.25. The molecule has 1 aliphatic rings. The van der Waals surface area contributed by atoms with Crippen LogP contribution in [0.15, 0.2) is 29.7 Å². The number of anilines is 1. The standard InChI is InChI=1S/C18H19F4N7O2S2/c1-10-23-7-15(32-10)16-12(18(20,21)22)6-24-17(27-16)26-14-3-4-29(9-13(14)19)33(30,31)11-5-25-28(2)8-11/h5-8,13-14H,3-4,9H2,1-2H3,(H,24,26,27)/t13-,14-/m1/s1. The smallest absolute Gasteiger partial charge is 0.348 e. The van der Waals surface area contributed by atoms with E-state index in [0.717, 1.165) is 15.6 Å². The highest BCUT2D eigenvalue weighted by Crippen LogP contribution is 2.38. The van der Waals surface area contributed by atoms with E-state index in [1.165, 1.54) is 23.3 Å². The van der Waals surface area contributed by atoms with E-state index in [0.29, 0.717) is 11.2 Å². The third-order valence-corrected chi connectivity index (χ3v) is 7.82. The molecular formula is C18H19F4N7O2S2. The Balaban J connectivity index is 1.53. The molecule has 4 heterocycles. The molecular weight excluding hydrogens is 486 g/mol. The lowest BCUT2D eigenvalue weighted by molar-refractivity contribution is -0.137. The van der Waals surface area contributed by atoms with E-state index in [1.54, 1.807) is 14.0 Å². The van der Waals surface area contributed by atoms with Crippen molar-refractivity contribution in [2.45, 2.75) is 36.6 Å². The van der Waals surface area contributed by atoms with E-state index >= 15 is 0 Å². The molecule has 0 bridgehead atoms. The second kappa shape index (κ2) is 8.61. The molecule has 15 heteroatoms. The quantitative estimate of drug-likeness (QED) is 0.532. The van der Waals surface area contributed by atoms with Crippen molar-refractivity contribution < 1.29 is 26.0 Å². The number of nitrogens with zero attached hydrogens (tertiary/aromatic N) is 6. The van der Waals surface area contributed by atoms with Gasteiger partial charge < -0.3 is 5.32 Å². The van der Waals surface area contributed by atoms with Gasteiger partial charge in [0.2, 0.25) is 16.0 Å². The fraction of sp³-hybridized carbons (Fsp3) is 0.444. The average Bonchev–Trinajstić information content (AvgIpc) is 3.37. The lowest BCUT2D eigenvalue weighted by atomic mass is 10.1. The molecule has 1 N–H and O–H groups in total. The van der Waals surface area contributed by atoms with Gasteiger partial charge in [-0.1, -0.05) is 0 Å². The Hall–Kier alpha value is -2.65. The monoisotopic (exact) mass is 505 g/mol. The predicted molar refractivity (Wildman–Crippen MR) is 112 cm³/mol. The van der Waals surface area contributed by atoms with Crippen LogP contribution >= 0.6 is 11.3 Å². The third-order valence-electron chi connectivity index (χ3n) is 5.09. The maximum absolute atomic E-state index is 14.9. The van der Waals surface area contributed by atoms with E-state index < -0.39 is 40.5 Å². The number of halogens is 4. The Morgan fingerprint density at radius 2 is 1.97 bits per heavy atom. The van der Waals surface area contributed by atoms with Crippen LogP contribution < -0.4 is 5.32 Å². The van der Waals surface area contributed by atoms with Gasteiger partial charge in [0, 0.05) is 38.7 Å². The van der Waals surface area contributed by atoms with Gasteiger partial charge in [-0.25, -0.2) is 27.8 Å². The van der Waals surface area contributed by atoms with Gasteiger partial charge in [-0.05, 0) is 13.3 Å². The third kappa shape index (κ3) is 4.84. The highest BCUT2D eigenvalue weighted by atomic mass is 32.2. The van der Waals surface area contributed by atoms with Crippen molar-refractivity contribution in [2.24, 2.45) is 7.05 Å². The number of nitrogens with one attached hydrogen (secondary N) is 1. The van der Waals surface area contributed by atoms with Crippen LogP contribution in [0.1, 0.15) is 17.0 Å². The van der Waals surface area contributed by atoms with Crippen LogP contribution in [0.5, 0.6) is 0 Å². The number of alkyl halides is 4. The molecule has 0 unspecified atom stereocenters. The summed E-state index contributed by atoms with van der Waals surface area (Å²) in [5.41, 5.74) is -1.37. The fourth-order valence-corrected chi connectivity index (χ4v) is 5.65. The van der Waals surface area contributed by atoms with Crippen molar-refractivity contribution >= 4 is 27.3 Å². The van der Waals surface area contributed by atoms with Crippen LogP contribution in [0.4, 0.5) is 23.5 Å². The minimum atomic E-state index is -4.68. The number of hydrogen-bond acceptors (Lipinski definition) is 8. The van der Waals surface area contributed by atoms with Gasteiger partial charge in [-0.2, -0.15) is 22.6 Å². The summed E-state index contributed by atoms with van der Waals surface area (Å²) in [6.07, 6.45) is -1.79. The summed E-state index contributed by atoms with van der Waals surface area (Å²) >= 11 is 1.05. The highest BCUT2D eigenvalue weighted by Gasteiger charge is 2.38. The Labute approximate surface area is 190 Å². The van der Waals surface area contributed by atoms with E-state index in [-0.39, 0.29) is 34.4 Å². The molecule has 0 radical (unpaired) electrons. The maximum atomic E-state index is 14.9. The van der Waals surface area contributed by atoms with E-state index in [2.05, 4.69) is 25.4 Å². The highest BCUT2D eigenvalue weighted by molar-refractivity contribution is 7.89. The Morgan fingerprint density at radius 3 is 2.55 bits per heavy atom. The van der Waals surface area contributed by atoms with E-state index in [4.69, 9.17) is 0 Å². The number of aryl methyl sites for hydroxylation is 2. The first-order chi connectivity index (χ1) is 15.4. The molecule has 3 aromatic rings. The van der Waals surface area contributed by atoms with Crippen LogP contribution in [-0.2, 0) is 23.2 Å². The van der Waals surface area contributed by atoms with Gasteiger partial charge in [0.25, 0.3) is 0 Å². The van der Waals surface area contributed by atoms with E-state index in [9.17, 15) is 26.0 Å². The molecule has 2 atom stereocenters. The van der Waals surface area contributed by atoms with Crippen molar-refractivity contribution in [3.05, 3.63) is 35.4 Å². The van der Waals surface area contributed by atoms with Crippen molar-refractivity contribution in [1.82, 2.24) is 29.0 Å². The summed E-state index contributed by atoms with van der Waals surface area (Å²) < 4.78 is 83.0. The first kappa shape index (κ1) is 23.5.